The van der Waals surface area contributed by atoms with Crippen LogP contribution in [-0.2, 0) is 0 Å². The van der Waals surface area contributed by atoms with Gasteiger partial charge in [-0.1, -0.05) is 28.9 Å². The summed E-state index contributed by atoms with van der Waals surface area (Å²) in [4.78, 5) is 4.40. The minimum atomic E-state index is 0. The van der Waals surface area contributed by atoms with Gasteiger partial charge in [0.05, 0.1) is 6.04 Å². The molecule has 1 saturated heterocycles. The van der Waals surface area contributed by atoms with Gasteiger partial charge >= 0.3 is 0 Å². The Morgan fingerprint density at radius 2 is 2.24 bits per heavy atom. The molecule has 1 aromatic heterocycles. The minimum Gasteiger partial charge on any atom is -0.337 e. The summed E-state index contributed by atoms with van der Waals surface area (Å²) in [6.45, 7) is 3.09. The maximum Gasteiger partial charge on any atom is 0.244 e. The second-order valence-electron chi connectivity index (χ2n) is 4.12. The smallest absolute Gasteiger partial charge is 0.244 e. The summed E-state index contributed by atoms with van der Waals surface area (Å²) in [6.07, 6.45) is 1.08. The van der Waals surface area contributed by atoms with Crippen molar-refractivity contribution in [3.63, 3.8) is 0 Å². The van der Waals surface area contributed by atoms with Gasteiger partial charge in [-0.2, -0.15) is 4.98 Å². The number of aryl methyl sites for hydroxylation is 1. The molecule has 2 aromatic rings. The third-order valence-electron chi connectivity index (χ3n) is 2.84. The Hall–Kier alpha value is -1.39. The van der Waals surface area contributed by atoms with Crippen molar-refractivity contribution in [2.75, 3.05) is 6.54 Å². The van der Waals surface area contributed by atoms with E-state index in [4.69, 9.17) is 4.52 Å². The molecule has 1 aliphatic rings. The third kappa shape index (κ3) is 2.33. The Kier molecular flexibility index (Phi) is 3.45. The highest BCUT2D eigenvalue weighted by Gasteiger charge is 2.24. The van der Waals surface area contributed by atoms with Crippen molar-refractivity contribution in [1.29, 1.82) is 0 Å². The Morgan fingerprint density at radius 3 is 2.88 bits per heavy atom. The molecule has 1 aliphatic heterocycles. The molecular weight excluding hydrogens is 238 g/mol. The minimum absolute atomic E-state index is 0. The van der Waals surface area contributed by atoms with Crippen molar-refractivity contribution in [2.24, 2.45) is 0 Å². The molecule has 3 rings (SSSR count). The van der Waals surface area contributed by atoms with E-state index in [1.807, 2.05) is 12.1 Å². The highest BCUT2D eigenvalue weighted by Crippen LogP contribution is 2.24. The number of hydrogen-bond acceptors (Lipinski definition) is 4. The van der Waals surface area contributed by atoms with E-state index >= 15 is 0 Å². The number of nitrogens with zero attached hydrogens (tertiary/aromatic N) is 2. The van der Waals surface area contributed by atoms with E-state index in [9.17, 15) is 0 Å². The van der Waals surface area contributed by atoms with E-state index in [1.165, 1.54) is 5.56 Å². The zero-order valence-corrected chi connectivity index (χ0v) is 10.3. The molecule has 1 fully saturated rings. The van der Waals surface area contributed by atoms with Gasteiger partial charge in [-0.25, -0.2) is 0 Å². The molecule has 5 heteroatoms. The monoisotopic (exact) mass is 251 g/mol. The molecule has 0 bridgehead atoms. The highest BCUT2D eigenvalue weighted by molar-refractivity contribution is 5.85. The Morgan fingerprint density at radius 1 is 1.41 bits per heavy atom. The van der Waals surface area contributed by atoms with Crippen molar-refractivity contribution < 1.29 is 4.52 Å². The van der Waals surface area contributed by atoms with Crippen LogP contribution in [0, 0.1) is 6.92 Å². The van der Waals surface area contributed by atoms with Crippen molar-refractivity contribution in [1.82, 2.24) is 15.5 Å². The zero-order chi connectivity index (χ0) is 11.0. The summed E-state index contributed by atoms with van der Waals surface area (Å²) in [6, 6.07) is 8.37. The van der Waals surface area contributed by atoms with Crippen LogP contribution >= 0.6 is 12.4 Å². The van der Waals surface area contributed by atoms with E-state index in [-0.39, 0.29) is 18.4 Å². The van der Waals surface area contributed by atoms with Crippen molar-refractivity contribution >= 4 is 12.4 Å². The summed E-state index contributed by atoms with van der Waals surface area (Å²) in [5.74, 6) is 1.37. The zero-order valence-electron chi connectivity index (χ0n) is 9.51. The first-order valence-electron chi connectivity index (χ1n) is 5.47. The molecule has 1 aromatic carbocycles. The fraction of sp³-hybridized carbons (Fsp3) is 0.333. The van der Waals surface area contributed by atoms with Crippen molar-refractivity contribution in [3.05, 3.63) is 35.7 Å². The second-order valence-corrected chi connectivity index (χ2v) is 4.12. The molecule has 0 radical (unpaired) electrons. The van der Waals surface area contributed by atoms with Gasteiger partial charge < -0.3 is 9.84 Å². The van der Waals surface area contributed by atoms with E-state index in [0.717, 1.165) is 18.5 Å². The fourth-order valence-electron chi connectivity index (χ4n) is 1.78. The van der Waals surface area contributed by atoms with E-state index < -0.39 is 0 Å². The number of halogens is 1. The van der Waals surface area contributed by atoms with Crippen LogP contribution in [0.2, 0.25) is 0 Å². The molecule has 0 amide bonds. The highest BCUT2D eigenvalue weighted by atomic mass is 35.5. The molecule has 0 aliphatic carbocycles. The van der Waals surface area contributed by atoms with Gasteiger partial charge in [0.15, 0.2) is 0 Å². The first kappa shape index (κ1) is 12.1. The predicted octanol–water partition coefficient (Wildman–Crippen LogP) is 2.50. The maximum atomic E-state index is 5.24. The molecule has 90 valence electrons. The Bertz CT molecular complexity index is 508. The van der Waals surface area contributed by atoms with Gasteiger partial charge in [0.25, 0.3) is 0 Å². The standard InChI is InChI=1S/C12H13N3O.ClH/c1-8-3-2-4-9(7-8)11-14-12(16-15-11)10-5-6-13-10;/h2-4,7,10,13H,5-6H2,1H3;1H/t10-;/m0./s1. The van der Waals surface area contributed by atoms with Crippen LogP contribution in [0.15, 0.2) is 28.8 Å². The molecule has 0 unspecified atom stereocenters. The second kappa shape index (κ2) is 4.85. The topological polar surface area (TPSA) is 51.0 Å². The summed E-state index contributed by atoms with van der Waals surface area (Å²) >= 11 is 0. The Balaban J connectivity index is 0.00000108. The molecule has 17 heavy (non-hydrogen) atoms. The van der Waals surface area contributed by atoms with Crippen LogP contribution in [0.25, 0.3) is 11.4 Å². The SMILES string of the molecule is Cc1cccc(-c2noc([C@@H]3CCN3)n2)c1.Cl. The molecule has 0 spiro atoms. The van der Waals surface area contributed by atoms with Crippen LogP contribution in [0.1, 0.15) is 23.9 Å². The lowest BCUT2D eigenvalue weighted by Crippen LogP contribution is -2.35. The predicted molar refractivity (Wildman–Crippen MR) is 67.1 cm³/mol. The fourth-order valence-corrected chi connectivity index (χ4v) is 1.78. The lowest BCUT2D eigenvalue weighted by Gasteiger charge is -2.23. The number of nitrogens with one attached hydrogen (secondary N) is 1. The lowest BCUT2D eigenvalue weighted by molar-refractivity contribution is 0.273. The number of rotatable bonds is 2. The molecule has 1 N–H and O–H groups in total. The van der Waals surface area contributed by atoms with E-state index in [1.54, 1.807) is 0 Å². The quantitative estimate of drug-likeness (QED) is 0.891. The number of benzene rings is 1. The Labute approximate surface area is 106 Å². The van der Waals surface area contributed by atoms with Crippen LogP contribution in [-0.4, -0.2) is 16.7 Å². The van der Waals surface area contributed by atoms with Crippen molar-refractivity contribution in [2.45, 2.75) is 19.4 Å². The van der Waals surface area contributed by atoms with Gasteiger partial charge in [0, 0.05) is 5.56 Å². The average molecular weight is 252 g/mol. The molecule has 2 heterocycles. The first-order chi connectivity index (χ1) is 7.83. The van der Waals surface area contributed by atoms with Crippen LogP contribution in [0.3, 0.4) is 0 Å². The van der Waals surface area contributed by atoms with Gasteiger partial charge in [-0.15, -0.1) is 12.4 Å². The summed E-state index contributed by atoms with van der Waals surface area (Å²) < 4.78 is 5.24. The summed E-state index contributed by atoms with van der Waals surface area (Å²) in [7, 11) is 0. The summed E-state index contributed by atoms with van der Waals surface area (Å²) in [5, 5.41) is 7.25. The van der Waals surface area contributed by atoms with E-state index in [0.29, 0.717) is 11.7 Å². The van der Waals surface area contributed by atoms with Gasteiger partial charge in [0.2, 0.25) is 11.7 Å². The number of aromatic nitrogens is 2. The van der Waals surface area contributed by atoms with Crippen LogP contribution in [0.5, 0.6) is 0 Å². The maximum absolute atomic E-state index is 5.24. The van der Waals surface area contributed by atoms with E-state index in [2.05, 4.69) is 34.5 Å². The molecule has 4 nitrogen and oxygen atoms in total. The van der Waals surface area contributed by atoms with Gasteiger partial charge in [-0.05, 0) is 26.0 Å². The molecule has 0 saturated carbocycles. The first-order valence-corrected chi connectivity index (χ1v) is 5.47. The van der Waals surface area contributed by atoms with Crippen molar-refractivity contribution in [3.8, 4) is 11.4 Å². The largest absolute Gasteiger partial charge is 0.337 e. The van der Waals surface area contributed by atoms with Gasteiger partial charge in [-0.3, -0.25) is 0 Å². The van der Waals surface area contributed by atoms with Crippen LogP contribution in [0.4, 0.5) is 0 Å². The summed E-state index contributed by atoms with van der Waals surface area (Å²) in [5.41, 5.74) is 2.21. The molecule has 1 atom stereocenters. The molecular formula is C12H14ClN3O. The third-order valence-corrected chi connectivity index (χ3v) is 2.84. The normalized spacial score (nSPS) is 18.3. The van der Waals surface area contributed by atoms with Crippen LogP contribution < -0.4 is 5.32 Å². The number of hydrogen-bond donors (Lipinski definition) is 1. The lowest BCUT2D eigenvalue weighted by atomic mass is 10.1. The average Bonchev–Trinajstić information content (AvgIpc) is 2.64. The van der Waals surface area contributed by atoms with Gasteiger partial charge in [0.1, 0.15) is 0 Å².